The highest BCUT2D eigenvalue weighted by atomic mass is 127. The average Bonchev–Trinajstić information content (AvgIpc) is 2.50. The van der Waals surface area contributed by atoms with Crippen molar-refractivity contribution in [2.75, 3.05) is 5.84 Å². The summed E-state index contributed by atoms with van der Waals surface area (Å²) in [5, 5.41) is 6.67. The van der Waals surface area contributed by atoms with Gasteiger partial charge < -0.3 is 5.84 Å². The third-order valence-electron chi connectivity index (χ3n) is 1.81. The second-order valence-corrected chi connectivity index (χ2v) is 4.36. The summed E-state index contributed by atoms with van der Waals surface area (Å²) in [6.45, 7) is 0. The zero-order valence-electron chi connectivity index (χ0n) is 7.07. The third kappa shape index (κ3) is 1.67. The largest absolute Gasteiger partial charge is 0.335 e. The van der Waals surface area contributed by atoms with Crippen molar-refractivity contribution < 1.29 is 0 Å². The number of hydrogen-bond acceptors (Lipinski definition) is 3. The average molecular weight is 318 g/mol. The van der Waals surface area contributed by atoms with Gasteiger partial charge in [-0.2, -0.15) is 5.10 Å². The van der Waals surface area contributed by atoms with Crippen molar-refractivity contribution >= 4 is 34.8 Å². The molecule has 0 unspecified atom stereocenters. The molecule has 2 aromatic rings. The van der Waals surface area contributed by atoms with Crippen molar-refractivity contribution in [3.05, 3.63) is 32.6 Å². The van der Waals surface area contributed by atoms with Gasteiger partial charge in [-0.15, -0.1) is 0 Å². The van der Waals surface area contributed by atoms with Crippen molar-refractivity contribution in [2.24, 2.45) is 0 Å². The first-order valence-electron chi connectivity index (χ1n) is 3.87. The van der Waals surface area contributed by atoms with Crippen LogP contribution in [-0.2, 0) is 0 Å². The van der Waals surface area contributed by atoms with Gasteiger partial charge in [0.15, 0.2) is 5.82 Å². The molecule has 0 amide bonds. The smallest absolute Gasteiger partial charge is 0.214 e. The Morgan fingerprint density at radius 1 is 1.36 bits per heavy atom. The van der Waals surface area contributed by atoms with E-state index < -0.39 is 0 Å². The topological polar surface area (TPSA) is 59.6 Å². The maximum absolute atomic E-state index is 5.69. The molecule has 0 spiro atoms. The molecule has 0 aliphatic carbocycles. The number of nitrogens with one attached hydrogen (secondary N) is 1. The molecule has 0 fully saturated rings. The third-order valence-corrected chi connectivity index (χ3v) is 2.81. The van der Waals surface area contributed by atoms with Crippen molar-refractivity contribution in [1.82, 2.24) is 14.9 Å². The van der Waals surface area contributed by atoms with E-state index in [4.69, 9.17) is 18.1 Å². The molecule has 1 aromatic heterocycles. The molecule has 0 aliphatic rings. The number of H-pyrrole nitrogens is 1. The van der Waals surface area contributed by atoms with E-state index in [0.29, 0.717) is 10.6 Å². The van der Waals surface area contributed by atoms with Crippen molar-refractivity contribution in [3.63, 3.8) is 0 Å². The second kappa shape index (κ2) is 3.70. The van der Waals surface area contributed by atoms with Gasteiger partial charge in [0, 0.05) is 9.13 Å². The summed E-state index contributed by atoms with van der Waals surface area (Å²) in [6.07, 6.45) is 0. The number of benzene rings is 1. The van der Waals surface area contributed by atoms with E-state index >= 15 is 0 Å². The van der Waals surface area contributed by atoms with Gasteiger partial charge in [-0.3, -0.25) is 0 Å². The van der Waals surface area contributed by atoms with Crippen molar-refractivity contribution in [2.45, 2.75) is 0 Å². The molecular formula is C8H7IN4S. The van der Waals surface area contributed by atoms with Crippen LogP contribution in [0.4, 0.5) is 0 Å². The van der Waals surface area contributed by atoms with E-state index in [9.17, 15) is 0 Å². The van der Waals surface area contributed by atoms with Gasteiger partial charge in [0.25, 0.3) is 0 Å². The Hall–Kier alpha value is -0.890. The Bertz CT molecular complexity index is 499. The molecule has 6 heteroatoms. The lowest BCUT2D eigenvalue weighted by atomic mass is 10.2. The van der Waals surface area contributed by atoms with Crippen molar-refractivity contribution in [3.8, 4) is 11.4 Å². The van der Waals surface area contributed by atoms with E-state index in [1.165, 1.54) is 8.25 Å². The molecule has 1 aromatic carbocycles. The van der Waals surface area contributed by atoms with Gasteiger partial charge in [-0.05, 0) is 46.9 Å². The Balaban J connectivity index is 2.55. The van der Waals surface area contributed by atoms with Crippen molar-refractivity contribution in [1.29, 1.82) is 0 Å². The fourth-order valence-corrected chi connectivity index (χ4v) is 1.60. The van der Waals surface area contributed by atoms with E-state index in [1.807, 2.05) is 24.3 Å². The van der Waals surface area contributed by atoms with Crippen LogP contribution in [0.3, 0.4) is 0 Å². The van der Waals surface area contributed by atoms with Gasteiger partial charge in [-0.1, -0.05) is 12.1 Å². The summed E-state index contributed by atoms with van der Waals surface area (Å²) in [5.74, 6) is 6.33. The van der Waals surface area contributed by atoms with Crippen LogP contribution in [-0.4, -0.2) is 14.9 Å². The van der Waals surface area contributed by atoms with Crippen LogP contribution in [0.15, 0.2) is 24.3 Å². The Morgan fingerprint density at radius 3 is 2.50 bits per heavy atom. The molecule has 0 radical (unpaired) electrons. The molecule has 2 rings (SSSR count). The Labute approximate surface area is 99.2 Å². The Kier molecular flexibility index (Phi) is 2.55. The summed E-state index contributed by atoms with van der Waals surface area (Å²) >= 11 is 7.16. The predicted octanol–water partition coefficient (Wildman–Crippen LogP) is 1.93. The van der Waals surface area contributed by atoms with Crippen LogP contribution in [0.2, 0.25) is 0 Å². The zero-order valence-corrected chi connectivity index (χ0v) is 10.0. The highest BCUT2D eigenvalue weighted by molar-refractivity contribution is 14.1. The first-order chi connectivity index (χ1) is 6.68. The van der Waals surface area contributed by atoms with Gasteiger partial charge >= 0.3 is 0 Å². The van der Waals surface area contributed by atoms with E-state index in [0.717, 1.165) is 5.56 Å². The number of rotatable bonds is 1. The van der Waals surface area contributed by atoms with Crippen LogP contribution >= 0.6 is 34.8 Å². The first kappa shape index (κ1) is 9.66. The molecule has 0 saturated heterocycles. The normalized spacial score (nSPS) is 10.4. The molecular weight excluding hydrogens is 311 g/mol. The van der Waals surface area contributed by atoms with E-state index in [1.54, 1.807) is 0 Å². The monoisotopic (exact) mass is 318 g/mol. The molecule has 1 heterocycles. The van der Waals surface area contributed by atoms with Crippen LogP contribution in [0.1, 0.15) is 0 Å². The highest BCUT2D eigenvalue weighted by Crippen LogP contribution is 2.16. The molecule has 0 bridgehead atoms. The maximum atomic E-state index is 5.69. The minimum absolute atomic E-state index is 0.415. The van der Waals surface area contributed by atoms with Crippen LogP contribution < -0.4 is 5.84 Å². The number of nitrogen functional groups attached to an aromatic ring is 1. The summed E-state index contributed by atoms with van der Waals surface area (Å²) in [4.78, 5) is 0. The summed E-state index contributed by atoms with van der Waals surface area (Å²) in [6, 6.07) is 7.90. The number of halogens is 1. The lowest BCUT2D eigenvalue weighted by Crippen LogP contribution is -2.09. The molecule has 0 saturated carbocycles. The fourth-order valence-electron chi connectivity index (χ4n) is 1.11. The molecule has 4 nitrogen and oxygen atoms in total. The molecule has 3 N–H and O–H groups in total. The minimum Gasteiger partial charge on any atom is -0.335 e. The second-order valence-electron chi connectivity index (χ2n) is 2.73. The van der Waals surface area contributed by atoms with E-state index in [2.05, 4.69) is 32.8 Å². The molecule has 14 heavy (non-hydrogen) atoms. The first-order valence-corrected chi connectivity index (χ1v) is 5.35. The molecule has 72 valence electrons. The van der Waals surface area contributed by atoms with E-state index in [-0.39, 0.29) is 0 Å². The number of nitrogens with zero attached hydrogens (tertiary/aromatic N) is 2. The van der Waals surface area contributed by atoms with Gasteiger partial charge in [0.2, 0.25) is 4.77 Å². The maximum Gasteiger partial charge on any atom is 0.214 e. The highest BCUT2D eigenvalue weighted by Gasteiger charge is 2.04. The molecule has 0 atom stereocenters. The lowest BCUT2D eigenvalue weighted by Gasteiger charge is -1.99. The van der Waals surface area contributed by atoms with Gasteiger partial charge in [0.05, 0.1) is 0 Å². The van der Waals surface area contributed by atoms with Crippen LogP contribution in [0, 0.1) is 8.34 Å². The number of nitrogens with two attached hydrogens (primary N) is 1. The van der Waals surface area contributed by atoms with Crippen LogP contribution in [0.5, 0.6) is 0 Å². The summed E-state index contributed by atoms with van der Waals surface area (Å²) in [7, 11) is 0. The molecule has 0 aliphatic heterocycles. The fraction of sp³-hybridized carbons (Fsp3) is 0. The quantitative estimate of drug-likeness (QED) is 0.480. The zero-order chi connectivity index (χ0) is 10.1. The lowest BCUT2D eigenvalue weighted by molar-refractivity contribution is 0.984. The Morgan fingerprint density at radius 2 is 2.00 bits per heavy atom. The standard InChI is InChI=1S/C8H7IN4S/c9-6-3-1-5(2-4-6)7-11-12-8(14)13(7)10/h1-4H,10H2,(H,12,14). The SMILES string of the molecule is Nn1c(-c2ccc(I)cc2)n[nH]c1=S. The number of aromatic nitrogens is 3. The van der Waals surface area contributed by atoms with Gasteiger partial charge in [-0.25, -0.2) is 9.77 Å². The summed E-state index contributed by atoms with van der Waals surface area (Å²) in [5.41, 5.74) is 0.945. The number of aromatic amines is 1. The van der Waals surface area contributed by atoms with Gasteiger partial charge in [0.1, 0.15) is 0 Å². The minimum atomic E-state index is 0.415. The predicted molar refractivity (Wildman–Crippen MR) is 65.7 cm³/mol. The number of hydrogen-bond donors (Lipinski definition) is 2. The summed E-state index contributed by atoms with van der Waals surface area (Å²) < 4.78 is 2.94. The van der Waals surface area contributed by atoms with Crippen LogP contribution in [0.25, 0.3) is 11.4 Å².